The minimum Gasteiger partial charge on any atom is -0.496 e. The Hall–Kier alpha value is -4.13. The summed E-state index contributed by atoms with van der Waals surface area (Å²) in [4.78, 5) is 39.9. The highest BCUT2D eigenvalue weighted by molar-refractivity contribution is 6.07. The van der Waals surface area contributed by atoms with Crippen molar-refractivity contribution < 1.29 is 19.1 Å². The van der Waals surface area contributed by atoms with Crippen LogP contribution < -0.4 is 20.3 Å². The molecule has 1 aliphatic rings. The number of nitrogens with zero attached hydrogens (tertiary/aromatic N) is 1. The zero-order valence-corrected chi connectivity index (χ0v) is 18.3. The number of benzene rings is 3. The van der Waals surface area contributed by atoms with E-state index in [0.717, 1.165) is 11.3 Å². The van der Waals surface area contributed by atoms with Crippen LogP contribution in [0.1, 0.15) is 22.3 Å². The lowest BCUT2D eigenvalue weighted by molar-refractivity contribution is -0.122. The highest BCUT2D eigenvalue weighted by Crippen LogP contribution is 2.26. The van der Waals surface area contributed by atoms with Crippen LogP contribution in [-0.4, -0.2) is 31.4 Å². The quantitative estimate of drug-likeness (QED) is 0.584. The number of methoxy groups -OCH3 is 1. The SMILES string of the molecule is COc1ccccc1CNC(=O)c1ccccc1NC(=O)C1CC(=O)N(c2ccccc2)C1. The average Bonchev–Trinajstić information content (AvgIpc) is 3.25. The fourth-order valence-electron chi connectivity index (χ4n) is 3.89. The van der Waals surface area contributed by atoms with Crippen molar-refractivity contribution in [2.75, 3.05) is 23.9 Å². The predicted octanol–water partition coefficient (Wildman–Crippen LogP) is 3.62. The van der Waals surface area contributed by atoms with Crippen LogP contribution in [0.15, 0.2) is 78.9 Å². The summed E-state index contributed by atoms with van der Waals surface area (Å²) in [7, 11) is 1.58. The second kappa shape index (κ2) is 9.99. The minimum absolute atomic E-state index is 0.0933. The van der Waals surface area contributed by atoms with Crippen LogP contribution in [0.2, 0.25) is 0 Å². The van der Waals surface area contributed by atoms with Gasteiger partial charge in [-0.05, 0) is 30.3 Å². The van der Waals surface area contributed by atoms with Crippen molar-refractivity contribution in [1.82, 2.24) is 5.32 Å². The van der Waals surface area contributed by atoms with E-state index in [4.69, 9.17) is 4.74 Å². The Bertz CT molecular complexity index is 1160. The van der Waals surface area contributed by atoms with Crippen LogP contribution in [0.5, 0.6) is 5.75 Å². The van der Waals surface area contributed by atoms with Crippen molar-refractivity contribution in [2.24, 2.45) is 5.92 Å². The van der Waals surface area contributed by atoms with E-state index < -0.39 is 5.92 Å². The fraction of sp³-hybridized carbons (Fsp3) is 0.192. The molecule has 1 saturated heterocycles. The Labute approximate surface area is 192 Å². The third-order valence-corrected chi connectivity index (χ3v) is 5.63. The lowest BCUT2D eigenvalue weighted by Crippen LogP contribution is -2.29. The molecule has 1 fully saturated rings. The molecule has 2 N–H and O–H groups in total. The number of carbonyl (C=O) groups is 3. The molecule has 1 aliphatic heterocycles. The van der Waals surface area contributed by atoms with Gasteiger partial charge >= 0.3 is 0 Å². The minimum atomic E-state index is -0.498. The molecule has 7 nitrogen and oxygen atoms in total. The van der Waals surface area contributed by atoms with Gasteiger partial charge in [-0.25, -0.2) is 0 Å². The third kappa shape index (κ3) is 5.03. The van der Waals surface area contributed by atoms with Gasteiger partial charge in [-0.2, -0.15) is 0 Å². The van der Waals surface area contributed by atoms with Gasteiger partial charge in [0.15, 0.2) is 0 Å². The number of nitrogens with one attached hydrogen (secondary N) is 2. The van der Waals surface area contributed by atoms with Crippen LogP contribution in [0, 0.1) is 5.92 Å². The van der Waals surface area contributed by atoms with Crippen molar-refractivity contribution in [1.29, 1.82) is 0 Å². The first-order valence-electron chi connectivity index (χ1n) is 10.7. The number of hydrogen-bond donors (Lipinski definition) is 2. The molecule has 0 radical (unpaired) electrons. The molecule has 3 amide bonds. The van der Waals surface area contributed by atoms with E-state index in [2.05, 4.69) is 10.6 Å². The van der Waals surface area contributed by atoms with E-state index >= 15 is 0 Å². The topological polar surface area (TPSA) is 87.7 Å². The summed E-state index contributed by atoms with van der Waals surface area (Å²) < 4.78 is 5.33. The average molecular weight is 444 g/mol. The standard InChI is InChI=1S/C26H25N3O4/c1-33-23-14-8-5-9-18(23)16-27-26(32)21-12-6-7-13-22(21)28-25(31)19-15-24(30)29(17-19)20-10-3-2-4-11-20/h2-14,19H,15-17H2,1H3,(H,27,32)(H,28,31). The summed E-state index contributed by atoms with van der Waals surface area (Å²) in [6.07, 6.45) is 0.128. The second-order valence-corrected chi connectivity index (χ2v) is 7.77. The van der Waals surface area contributed by atoms with Gasteiger partial charge in [-0.1, -0.05) is 48.5 Å². The van der Waals surface area contributed by atoms with Gasteiger partial charge in [-0.3, -0.25) is 14.4 Å². The predicted molar refractivity (Wildman–Crippen MR) is 126 cm³/mol. The Balaban J connectivity index is 1.42. The van der Waals surface area contributed by atoms with E-state index in [1.54, 1.807) is 36.3 Å². The molecular formula is C26H25N3O4. The molecular weight excluding hydrogens is 418 g/mol. The number of para-hydroxylation sites is 3. The van der Waals surface area contributed by atoms with Gasteiger partial charge in [0.2, 0.25) is 11.8 Å². The van der Waals surface area contributed by atoms with E-state index in [-0.39, 0.29) is 30.7 Å². The second-order valence-electron chi connectivity index (χ2n) is 7.77. The maximum atomic E-state index is 12.9. The number of anilines is 2. The molecule has 3 aromatic rings. The van der Waals surface area contributed by atoms with E-state index in [1.807, 2.05) is 54.6 Å². The molecule has 0 aliphatic carbocycles. The monoisotopic (exact) mass is 443 g/mol. The highest BCUT2D eigenvalue weighted by atomic mass is 16.5. The third-order valence-electron chi connectivity index (χ3n) is 5.63. The van der Waals surface area contributed by atoms with Crippen molar-refractivity contribution >= 4 is 29.1 Å². The van der Waals surface area contributed by atoms with E-state index in [1.165, 1.54) is 0 Å². The zero-order chi connectivity index (χ0) is 23.2. The Morgan fingerprint density at radius 1 is 0.970 bits per heavy atom. The maximum absolute atomic E-state index is 12.9. The number of carbonyl (C=O) groups excluding carboxylic acids is 3. The number of amides is 3. The first kappa shape index (κ1) is 22.1. The molecule has 1 heterocycles. The molecule has 0 saturated carbocycles. The summed E-state index contributed by atoms with van der Waals surface area (Å²) in [5.74, 6) is -0.503. The molecule has 0 bridgehead atoms. The van der Waals surface area contributed by atoms with Crippen LogP contribution in [-0.2, 0) is 16.1 Å². The largest absolute Gasteiger partial charge is 0.496 e. The molecule has 168 valence electrons. The first-order chi connectivity index (χ1) is 16.1. The maximum Gasteiger partial charge on any atom is 0.253 e. The van der Waals surface area contributed by atoms with Crippen molar-refractivity contribution in [3.63, 3.8) is 0 Å². The van der Waals surface area contributed by atoms with Gasteiger partial charge < -0.3 is 20.3 Å². The summed E-state index contributed by atoms with van der Waals surface area (Å²) in [5, 5.41) is 5.72. The normalized spacial score (nSPS) is 15.2. The van der Waals surface area contributed by atoms with Gasteiger partial charge in [0, 0.05) is 30.8 Å². The molecule has 1 atom stereocenters. The number of hydrogen-bond acceptors (Lipinski definition) is 4. The molecule has 0 aromatic heterocycles. The van der Waals surface area contributed by atoms with Crippen LogP contribution in [0.4, 0.5) is 11.4 Å². The van der Waals surface area contributed by atoms with Gasteiger partial charge in [0.05, 0.1) is 24.3 Å². The van der Waals surface area contributed by atoms with Crippen LogP contribution in [0.3, 0.4) is 0 Å². The first-order valence-corrected chi connectivity index (χ1v) is 10.7. The van der Waals surface area contributed by atoms with Crippen molar-refractivity contribution in [2.45, 2.75) is 13.0 Å². The molecule has 33 heavy (non-hydrogen) atoms. The molecule has 4 rings (SSSR count). The highest BCUT2D eigenvalue weighted by Gasteiger charge is 2.35. The summed E-state index contributed by atoms with van der Waals surface area (Å²) in [5.41, 5.74) is 2.38. The van der Waals surface area contributed by atoms with E-state index in [9.17, 15) is 14.4 Å². The molecule has 3 aromatic carbocycles. The molecule has 0 spiro atoms. The van der Waals surface area contributed by atoms with Gasteiger partial charge in [-0.15, -0.1) is 0 Å². The van der Waals surface area contributed by atoms with E-state index in [0.29, 0.717) is 23.5 Å². The van der Waals surface area contributed by atoms with Gasteiger partial charge in [0.1, 0.15) is 5.75 Å². The molecule has 1 unspecified atom stereocenters. The van der Waals surface area contributed by atoms with Crippen LogP contribution in [0.25, 0.3) is 0 Å². The lowest BCUT2D eigenvalue weighted by atomic mass is 10.1. The molecule has 7 heteroatoms. The Morgan fingerprint density at radius 3 is 2.45 bits per heavy atom. The fourth-order valence-corrected chi connectivity index (χ4v) is 3.89. The van der Waals surface area contributed by atoms with Crippen molar-refractivity contribution in [3.8, 4) is 5.75 Å². The van der Waals surface area contributed by atoms with Gasteiger partial charge in [0.25, 0.3) is 5.91 Å². The summed E-state index contributed by atoms with van der Waals surface area (Å²) >= 11 is 0. The Kier molecular flexibility index (Phi) is 6.69. The van der Waals surface area contributed by atoms with Crippen molar-refractivity contribution in [3.05, 3.63) is 90.0 Å². The smallest absolute Gasteiger partial charge is 0.253 e. The van der Waals surface area contributed by atoms with Crippen LogP contribution >= 0.6 is 0 Å². The lowest BCUT2D eigenvalue weighted by Gasteiger charge is -2.17. The number of rotatable bonds is 7. The zero-order valence-electron chi connectivity index (χ0n) is 18.3. The number of ether oxygens (including phenoxy) is 1. The Morgan fingerprint density at radius 2 is 1.67 bits per heavy atom. The summed E-state index contributed by atoms with van der Waals surface area (Å²) in [6, 6.07) is 23.6. The summed E-state index contributed by atoms with van der Waals surface area (Å²) in [6.45, 7) is 0.588.